The standard InChI is InChI=1S/C23H26O6/c1-7-12(2)23(25)29-18-9-8-16-20(14(18)4)17(11-27-15(5)24)19-13(3)10-28-22(19)21(16)26-6/h7-10,14,18H,11H2,1-6H3/b12-7-/t14-,18-/m0/s1. The molecular formula is C23H26O6. The fraction of sp³-hybridized carbons (Fsp3) is 0.391. The van der Waals surface area contributed by atoms with Crippen LogP contribution in [0.3, 0.4) is 0 Å². The molecule has 0 bridgehead atoms. The van der Waals surface area contributed by atoms with E-state index < -0.39 is 6.10 Å². The highest BCUT2D eigenvalue weighted by molar-refractivity contribution is 5.95. The number of allylic oxidation sites excluding steroid dienone is 1. The Labute approximate surface area is 170 Å². The fourth-order valence-corrected chi connectivity index (χ4v) is 3.74. The van der Waals surface area contributed by atoms with Crippen molar-refractivity contribution < 1.29 is 28.2 Å². The summed E-state index contributed by atoms with van der Waals surface area (Å²) in [5.41, 5.74) is 4.71. The molecule has 3 rings (SSSR count). The average molecular weight is 398 g/mol. The van der Waals surface area contributed by atoms with Crippen LogP contribution < -0.4 is 4.74 Å². The van der Waals surface area contributed by atoms with Crippen molar-refractivity contribution in [3.05, 3.63) is 46.2 Å². The van der Waals surface area contributed by atoms with Crippen molar-refractivity contribution in [2.45, 2.75) is 53.2 Å². The molecule has 2 atom stereocenters. The lowest BCUT2D eigenvalue weighted by Crippen LogP contribution is -2.26. The van der Waals surface area contributed by atoms with Gasteiger partial charge in [0.25, 0.3) is 0 Å². The fourth-order valence-electron chi connectivity index (χ4n) is 3.74. The number of furan rings is 1. The van der Waals surface area contributed by atoms with Gasteiger partial charge < -0.3 is 18.6 Å². The van der Waals surface area contributed by atoms with Crippen LogP contribution in [0.1, 0.15) is 55.9 Å². The number of benzene rings is 1. The lowest BCUT2D eigenvalue weighted by atomic mass is 9.81. The highest BCUT2D eigenvalue weighted by Crippen LogP contribution is 2.46. The molecule has 0 aliphatic heterocycles. The summed E-state index contributed by atoms with van der Waals surface area (Å²) in [4.78, 5) is 23.8. The first-order chi connectivity index (χ1) is 13.8. The molecule has 0 N–H and O–H groups in total. The van der Waals surface area contributed by atoms with Gasteiger partial charge in [-0.05, 0) is 38.0 Å². The summed E-state index contributed by atoms with van der Waals surface area (Å²) in [6, 6.07) is 0. The zero-order valence-corrected chi connectivity index (χ0v) is 17.6. The van der Waals surface area contributed by atoms with Gasteiger partial charge in [0, 0.05) is 34.9 Å². The van der Waals surface area contributed by atoms with E-state index >= 15 is 0 Å². The minimum atomic E-state index is -0.449. The predicted octanol–water partition coefficient (Wildman–Crippen LogP) is 4.82. The van der Waals surface area contributed by atoms with Crippen LogP contribution in [0, 0.1) is 6.92 Å². The van der Waals surface area contributed by atoms with Crippen LogP contribution in [0.15, 0.2) is 28.4 Å². The number of esters is 2. The summed E-state index contributed by atoms with van der Waals surface area (Å²) in [6.07, 6.45) is 6.67. The molecular weight excluding hydrogens is 372 g/mol. The SMILES string of the molecule is C/C=C(/C)C(=O)O[C@H]1C=Cc2c(c(COC(C)=O)c3c(C)coc3c2OC)[C@H]1C. The Morgan fingerprint density at radius 3 is 2.62 bits per heavy atom. The summed E-state index contributed by atoms with van der Waals surface area (Å²) >= 11 is 0. The van der Waals surface area contributed by atoms with Crippen molar-refractivity contribution in [1.29, 1.82) is 0 Å². The number of aryl methyl sites for hydroxylation is 1. The topological polar surface area (TPSA) is 75.0 Å². The van der Waals surface area contributed by atoms with E-state index in [-0.39, 0.29) is 24.5 Å². The number of carbonyl (C=O) groups excluding carboxylic acids is 2. The zero-order chi connectivity index (χ0) is 21.3. The molecule has 0 radical (unpaired) electrons. The molecule has 6 heteroatoms. The molecule has 1 aromatic carbocycles. The summed E-state index contributed by atoms with van der Waals surface area (Å²) in [6.45, 7) is 8.93. The van der Waals surface area contributed by atoms with Crippen LogP contribution in [-0.4, -0.2) is 25.2 Å². The third kappa shape index (κ3) is 3.67. The molecule has 0 amide bonds. The molecule has 6 nitrogen and oxygen atoms in total. The summed E-state index contributed by atoms with van der Waals surface area (Å²) in [5, 5.41) is 0.860. The van der Waals surface area contributed by atoms with Crippen molar-refractivity contribution in [2.75, 3.05) is 7.11 Å². The monoisotopic (exact) mass is 398 g/mol. The van der Waals surface area contributed by atoms with Crippen LogP contribution in [0.5, 0.6) is 5.75 Å². The molecule has 1 heterocycles. The van der Waals surface area contributed by atoms with Gasteiger partial charge in [-0.2, -0.15) is 0 Å². The molecule has 0 fully saturated rings. The van der Waals surface area contributed by atoms with Crippen molar-refractivity contribution in [1.82, 2.24) is 0 Å². The smallest absolute Gasteiger partial charge is 0.333 e. The maximum absolute atomic E-state index is 12.3. The number of methoxy groups -OCH3 is 1. The van der Waals surface area contributed by atoms with Crippen LogP contribution in [0.25, 0.3) is 17.0 Å². The number of ether oxygens (including phenoxy) is 3. The molecule has 0 saturated heterocycles. The van der Waals surface area contributed by atoms with E-state index in [4.69, 9.17) is 18.6 Å². The minimum Gasteiger partial charge on any atom is -0.492 e. The molecule has 29 heavy (non-hydrogen) atoms. The van der Waals surface area contributed by atoms with Gasteiger partial charge in [0.05, 0.1) is 13.4 Å². The van der Waals surface area contributed by atoms with Gasteiger partial charge in [-0.1, -0.05) is 19.1 Å². The zero-order valence-electron chi connectivity index (χ0n) is 17.6. The van der Waals surface area contributed by atoms with Gasteiger partial charge in [-0.15, -0.1) is 0 Å². The van der Waals surface area contributed by atoms with Crippen LogP contribution in [0.2, 0.25) is 0 Å². The summed E-state index contributed by atoms with van der Waals surface area (Å²) in [7, 11) is 1.60. The van der Waals surface area contributed by atoms with Crippen molar-refractivity contribution in [3.8, 4) is 5.75 Å². The molecule has 0 saturated carbocycles. The number of rotatable bonds is 5. The molecule has 0 unspecified atom stereocenters. The second-order valence-electron chi connectivity index (χ2n) is 7.23. The third-order valence-electron chi connectivity index (χ3n) is 5.37. The number of fused-ring (bicyclic) bond motifs is 2. The van der Waals surface area contributed by atoms with Gasteiger partial charge in [-0.3, -0.25) is 4.79 Å². The van der Waals surface area contributed by atoms with Gasteiger partial charge in [0.1, 0.15) is 12.7 Å². The lowest BCUT2D eigenvalue weighted by Gasteiger charge is -2.30. The van der Waals surface area contributed by atoms with Crippen LogP contribution in [-0.2, 0) is 25.7 Å². The first-order valence-corrected chi connectivity index (χ1v) is 9.56. The average Bonchev–Trinajstić information content (AvgIpc) is 3.08. The Kier molecular flexibility index (Phi) is 5.82. The number of carbonyl (C=O) groups is 2. The second-order valence-corrected chi connectivity index (χ2v) is 7.23. The van der Waals surface area contributed by atoms with E-state index in [2.05, 4.69) is 0 Å². The molecule has 0 spiro atoms. The van der Waals surface area contributed by atoms with Gasteiger partial charge >= 0.3 is 11.9 Å². The van der Waals surface area contributed by atoms with Crippen molar-refractivity contribution in [3.63, 3.8) is 0 Å². The summed E-state index contributed by atoms with van der Waals surface area (Å²) < 4.78 is 22.5. The first-order valence-electron chi connectivity index (χ1n) is 9.56. The number of hydrogen-bond acceptors (Lipinski definition) is 6. The van der Waals surface area contributed by atoms with Crippen molar-refractivity contribution >= 4 is 29.0 Å². The van der Waals surface area contributed by atoms with E-state index in [0.29, 0.717) is 16.9 Å². The maximum atomic E-state index is 12.3. The minimum absolute atomic E-state index is 0.102. The Morgan fingerprint density at radius 2 is 2.00 bits per heavy atom. The van der Waals surface area contributed by atoms with Gasteiger partial charge in [0.2, 0.25) is 0 Å². The molecule has 2 aromatic rings. The van der Waals surface area contributed by atoms with Gasteiger partial charge in [-0.25, -0.2) is 4.79 Å². The molecule has 1 aromatic heterocycles. The number of hydrogen-bond donors (Lipinski definition) is 0. The molecule has 1 aliphatic rings. The largest absolute Gasteiger partial charge is 0.492 e. The lowest BCUT2D eigenvalue weighted by molar-refractivity contribution is -0.143. The Bertz CT molecular complexity index is 1020. The van der Waals surface area contributed by atoms with E-state index in [9.17, 15) is 9.59 Å². The summed E-state index contributed by atoms with van der Waals surface area (Å²) in [5.74, 6) is -0.268. The van der Waals surface area contributed by atoms with Gasteiger partial charge in [0.15, 0.2) is 11.3 Å². The van der Waals surface area contributed by atoms with E-state index in [0.717, 1.165) is 27.6 Å². The third-order valence-corrected chi connectivity index (χ3v) is 5.37. The Balaban J connectivity index is 2.18. The normalized spacial score (nSPS) is 18.5. The van der Waals surface area contributed by atoms with E-state index in [1.54, 1.807) is 33.3 Å². The highest BCUT2D eigenvalue weighted by Gasteiger charge is 2.33. The van der Waals surface area contributed by atoms with E-state index in [1.165, 1.54) is 6.92 Å². The quantitative estimate of drug-likeness (QED) is 0.531. The molecule has 154 valence electrons. The Hall–Kier alpha value is -3.02. The van der Waals surface area contributed by atoms with E-state index in [1.807, 2.05) is 26.0 Å². The maximum Gasteiger partial charge on any atom is 0.333 e. The van der Waals surface area contributed by atoms with Crippen LogP contribution in [0.4, 0.5) is 0 Å². The highest BCUT2D eigenvalue weighted by atomic mass is 16.5. The van der Waals surface area contributed by atoms with Crippen LogP contribution >= 0.6 is 0 Å². The first kappa shape index (κ1) is 20.7. The second kappa shape index (κ2) is 8.15. The predicted molar refractivity (Wildman–Crippen MR) is 110 cm³/mol. The van der Waals surface area contributed by atoms with Crippen molar-refractivity contribution in [2.24, 2.45) is 0 Å². The Morgan fingerprint density at radius 1 is 1.28 bits per heavy atom. The molecule has 1 aliphatic carbocycles.